The fraction of sp³-hybridized carbons (Fsp3) is 0.600. The van der Waals surface area contributed by atoms with Gasteiger partial charge in [0.05, 0.1) is 6.10 Å². The summed E-state index contributed by atoms with van der Waals surface area (Å²) >= 11 is 0. The molecule has 0 saturated heterocycles. The Hall–Kier alpha value is -0.860. The maximum absolute atomic E-state index is 10.2. The molecule has 0 saturated carbocycles. The van der Waals surface area contributed by atoms with Crippen LogP contribution in [0.25, 0.3) is 0 Å². The van der Waals surface area contributed by atoms with Gasteiger partial charge < -0.3 is 10.0 Å². The normalized spacial score (nSPS) is 16.8. The Bertz CT molecular complexity index is 310. The second-order valence-electron chi connectivity index (χ2n) is 5.04. The molecule has 1 N–H and O–H groups in total. The lowest BCUT2D eigenvalue weighted by molar-refractivity contribution is 0.120. The van der Waals surface area contributed by atoms with Crippen LogP contribution in [0.2, 0.25) is 0 Å². The van der Waals surface area contributed by atoms with Gasteiger partial charge in [-0.1, -0.05) is 37.3 Å². The molecule has 2 heteroatoms. The number of hydrogen-bond acceptors (Lipinski definition) is 2. The van der Waals surface area contributed by atoms with Crippen LogP contribution in [0, 0.1) is 0 Å². The Kier molecular flexibility index (Phi) is 5.66. The monoisotopic (exact) mass is 235 g/mol. The van der Waals surface area contributed by atoms with Crippen molar-refractivity contribution in [2.75, 3.05) is 14.1 Å². The lowest BCUT2D eigenvalue weighted by atomic mass is 9.86. The summed E-state index contributed by atoms with van der Waals surface area (Å²) in [5.74, 6) is 0.235. The molecule has 0 radical (unpaired) electrons. The van der Waals surface area contributed by atoms with Crippen LogP contribution in [0.5, 0.6) is 0 Å². The molecule has 3 atom stereocenters. The van der Waals surface area contributed by atoms with Gasteiger partial charge in [-0.25, -0.2) is 0 Å². The summed E-state index contributed by atoms with van der Waals surface area (Å²) < 4.78 is 0. The molecule has 0 spiro atoms. The van der Waals surface area contributed by atoms with E-state index < -0.39 is 0 Å². The lowest BCUT2D eigenvalue weighted by Crippen LogP contribution is -2.30. The molecule has 0 aliphatic carbocycles. The molecule has 1 rings (SSSR count). The van der Waals surface area contributed by atoms with Crippen molar-refractivity contribution in [2.24, 2.45) is 0 Å². The Morgan fingerprint density at radius 2 is 1.76 bits per heavy atom. The highest BCUT2D eigenvalue weighted by atomic mass is 16.3. The van der Waals surface area contributed by atoms with E-state index in [2.05, 4.69) is 38.1 Å². The van der Waals surface area contributed by atoms with Crippen molar-refractivity contribution in [3.63, 3.8) is 0 Å². The van der Waals surface area contributed by atoms with Gasteiger partial charge in [0.25, 0.3) is 0 Å². The molecule has 1 aromatic rings. The Morgan fingerprint density at radius 3 is 2.24 bits per heavy atom. The van der Waals surface area contributed by atoms with Gasteiger partial charge in [0, 0.05) is 12.0 Å². The summed E-state index contributed by atoms with van der Waals surface area (Å²) in [4.78, 5) is 2.21. The Labute approximate surface area is 105 Å². The number of rotatable bonds is 6. The lowest BCUT2D eigenvalue weighted by Gasteiger charge is -2.28. The molecule has 0 aliphatic rings. The second kappa shape index (κ2) is 6.77. The number of aliphatic hydroxyl groups excluding tert-OH is 1. The van der Waals surface area contributed by atoms with E-state index in [1.54, 1.807) is 0 Å². The topological polar surface area (TPSA) is 23.5 Å². The van der Waals surface area contributed by atoms with Crippen molar-refractivity contribution >= 4 is 0 Å². The van der Waals surface area contributed by atoms with Crippen molar-refractivity contribution in [3.8, 4) is 0 Å². The first-order valence-corrected chi connectivity index (χ1v) is 6.45. The van der Waals surface area contributed by atoms with E-state index in [1.165, 1.54) is 5.56 Å². The largest absolute Gasteiger partial charge is 0.393 e. The SMILES string of the molecule is CC[C@@H](O)[C@H](C[C@@H](C)N(C)C)c1ccccc1. The van der Waals surface area contributed by atoms with Gasteiger partial charge in [-0.3, -0.25) is 0 Å². The summed E-state index contributed by atoms with van der Waals surface area (Å²) in [6.07, 6.45) is 1.55. The van der Waals surface area contributed by atoms with E-state index in [1.807, 2.05) is 25.1 Å². The van der Waals surface area contributed by atoms with Gasteiger partial charge in [-0.05, 0) is 39.4 Å². The zero-order valence-electron chi connectivity index (χ0n) is 11.4. The number of nitrogens with zero attached hydrogens (tertiary/aromatic N) is 1. The minimum Gasteiger partial charge on any atom is -0.393 e. The first kappa shape index (κ1) is 14.2. The molecule has 0 amide bonds. The molecule has 0 unspecified atom stereocenters. The van der Waals surface area contributed by atoms with Crippen molar-refractivity contribution in [1.82, 2.24) is 4.90 Å². The molecule has 96 valence electrons. The highest BCUT2D eigenvalue weighted by Gasteiger charge is 2.22. The average molecular weight is 235 g/mol. The molecule has 1 aromatic carbocycles. The summed E-state index contributed by atoms with van der Waals surface area (Å²) in [7, 11) is 4.18. The fourth-order valence-corrected chi connectivity index (χ4v) is 2.08. The first-order valence-electron chi connectivity index (χ1n) is 6.45. The molecular weight excluding hydrogens is 210 g/mol. The van der Waals surface area contributed by atoms with Crippen LogP contribution in [0.15, 0.2) is 30.3 Å². The molecule has 17 heavy (non-hydrogen) atoms. The third-order valence-corrected chi connectivity index (χ3v) is 3.59. The maximum atomic E-state index is 10.2. The average Bonchev–Trinajstić information content (AvgIpc) is 2.35. The number of aliphatic hydroxyl groups is 1. The zero-order chi connectivity index (χ0) is 12.8. The van der Waals surface area contributed by atoms with Crippen molar-refractivity contribution in [3.05, 3.63) is 35.9 Å². The molecule has 0 fully saturated rings. The molecule has 0 aliphatic heterocycles. The smallest absolute Gasteiger partial charge is 0.0606 e. The van der Waals surface area contributed by atoms with Crippen LogP contribution in [0.3, 0.4) is 0 Å². The van der Waals surface area contributed by atoms with E-state index in [9.17, 15) is 5.11 Å². The van der Waals surface area contributed by atoms with Crippen LogP contribution in [-0.4, -0.2) is 36.2 Å². The summed E-state index contributed by atoms with van der Waals surface area (Å²) in [5, 5.41) is 10.2. The summed E-state index contributed by atoms with van der Waals surface area (Å²) in [6, 6.07) is 10.8. The van der Waals surface area contributed by atoms with Crippen molar-refractivity contribution in [1.29, 1.82) is 0 Å². The van der Waals surface area contributed by atoms with Crippen molar-refractivity contribution < 1.29 is 5.11 Å². The quantitative estimate of drug-likeness (QED) is 0.819. The maximum Gasteiger partial charge on any atom is 0.0606 e. The zero-order valence-corrected chi connectivity index (χ0v) is 11.4. The summed E-state index contributed by atoms with van der Waals surface area (Å²) in [5.41, 5.74) is 1.25. The van der Waals surface area contributed by atoms with E-state index >= 15 is 0 Å². The van der Waals surface area contributed by atoms with Crippen LogP contribution < -0.4 is 0 Å². The van der Waals surface area contributed by atoms with Gasteiger partial charge in [-0.15, -0.1) is 0 Å². The Morgan fingerprint density at radius 1 is 1.18 bits per heavy atom. The predicted molar refractivity (Wildman–Crippen MR) is 73.2 cm³/mol. The van der Waals surface area contributed by atoms with E-state index in [4.69, 9.17) is 0 Å². The van der Waals surface area contributed by atoms with Crippen molar-refractivity contribution in [2.45, 2.75) is 44.8 Å². The van der Waals surface area contributed by atoms with Gasteiger partial charge in [0.15, 0.2) is 0 Å². The standard InChI is InChI=1S/C15H25NO/c1-5-15(17)14(11-12(2)16(3)4)13-9-7-6-8-10-13/h6-10,12,14-15,17H,5,11H2,1-4H3/t12-,14-,15-/m1/s1. The molecule has 0 bridgehead atoms. The van der Waals surface area contributed by atoms with E-state index in [0.29, 0.717) is 6.04 Å². The minimum absolute atomic E-state index is 0.235. The van der Waals surface area contributed by atoms with Gasteiger partial charge in [0.2, 0.25) is 0 Å². The third kappa shape index (κ3) is 4.14. The van der Waals surface area contributed by atoms with Gasteiger partial charge >= 0.3 is 0 Å². The van der Waals surface area contributed by atoms with Gasteiger partial charge in [0.1, 0.15) is 0 Å². The van der Waals surface area contributed by atoms with Crippen LogP contribution in [0.1, 0.15) is 38.2 Å². The van der Waals surface area contributed by atoms with Crippen LogP contribution in [-0.2, 0) is 0 Å². The minimum atomic E-state index is -0.250. The second-order valence-corrected chi connectivity index (χ2v) is 5.04. The van der Waals surface area contributed by atoms with Crippen LogP contribution in [0.4, 0.5) is 0 Å². The third-order valence-electron chi connectivity index (χ3n) is 3.59. The molecule has 0 aromatic heterocycles. The first-order chi connectivity index (χ1) is 8.06. The number of hydrogen-bond donors (Lipinski definition) is 1. The van der Waals surface area contributed by atoms with Gasteiger partial charge in [-0.2, -0.15) is 0 Å². The van der Waals surface area contributed by atoms with E-state index in [-0.39, 0.29) is 12.0 Å². The predicted octanol–water partition coefficient (Wildman–Crippen LogP) is 2.88. The fourth-order valence-electron chi connectivity index (χ4n) is 2.08. The molecule has 2 nitrogen and oxygen atoms in total. The molecule has 0 heterocycles. The summed E-state index contributed by atoms with van der Waals surface area (Å²) in [6.45, 7) is 4.25. The highest BCUT2D eigenvalue weighted by Crippen LogP contribution is 2.27. The van der Waals surface area contributed by atoms with E-state index in [0.717, 1.165) is 12.8 Å². The Balaban J connectivity index is 2.82. The number of benzene rings is 1. The van der Waals surface area contributed by atoms with Crippen LogP contribution >= 0.6 is 0 Å². The molecular formula is C15H25NO. The highest BCUT2D eigenvalue weighted by molar-refractivity contribution is 5.21.